The van der Waals surface area contributed by atoms with Gasteiger partial charge in [-0.2, -0.15) is 0 Å². The number of nitrogens with zero attached hydrogens (tertiary/aromatic N) is 1. The van der Waals surface area contributed by atoms with E-state index in [0.717, 1.165) is 13.1 Å². The van der Waals surface area contributed by atoms with E-state index in [-0.39, 0.29) is 17.7 Å². The number of hydrogen-bond donors (Lipinski definition) is 1. The van der Waals surface area contributed by atoms with E-state index in [1.54, 1.807) is 0 Å². The van der Waals surface area contributed by atoms with Gasteiger partial charge in [-0.25, -0.2) is 4.39 Å². The van der Waals surface area contributed by atoms with E-state index in [1.165, 1.54) is 12.1 Å². The van der Waals surface area contributed by atoms with Crippen LogP contribution in [0.4, 0.5) is 4.39 Å². The molecule has 1 atom stereocenters. The molecule has 0 bridgehead atoms. The second-order valence-electron chi connectivity index (χ2n) is 4.78. The molecule has 1 saturated heterocycles. The van der Waals surface area contributed by atoms with Crippen LogP contribution in [0, 0.1) is 5.82 Å². The van der Waals surface area contributed by atoms with Gasteiger partial charge >= 0.3 is 0 Å². The summed E-state index contributed by atoms with van der Waals surface area (Å²) in [5, 5.41) is 9.07. The Labute approximate surface area is 133 Å². The molecular formula is C14H18Cl2FNO3. The van der Waals surface area contributed by atoms with Gasteiger partial charge in [0.2, 0.25) is 0 Å². The highest BCUT2D eigenvalue weighted by Crippen LogP contribution is 2.32. The largest absolute Gasteiger partial charge is 0.394 e. The fraction of sp³-hybridized carbons (Fsp3) is 0.571. The van der Waals surface area contributed by atoms with Crippen LogP contribution in [0.25, 0.3) is 0 Å². The first kappa shape index (κ1) is 16.9. The van der Waals surface area contributed by atoms with Crippen molar-refractivity contribution in [3.8, 4) is 0 Å². The average molecular weight is 338 g/mol. The quantitative estimate of drug-likeness (QED) is 0.639. The lowest BCUT2D eigenvalue weighted by Crippen LogP contribution is -2.40. The van der Waals surface area contributed by atoms with Gasteiger partial charge in [0, 0.05) is 30.2 Å². The summed E-state index contributed by atoms with van der Waals surface area (Å²) >= 11 is 11.8. The minimum atomic E-state index is -0.497. The van der Waals surface area contributed by atoms with Crippen molar-refractivity contribution < 1.29 is 19.0 Å². The Morgan fingerprint density at radius 2 is 2.14 bits per heavy atom. The third-order valence-corrected chi connectivity index (χ3v) is 3.94. The molecule has 0 amide bonds. The number of benzene rings is 1. The van der Waals surface area contributed by atoms with Gasteiger partial charge in [0.15, 0.2) is 0 Å². The van der Waals surface area contributed by atoms with E-state index in [4.69, 9.17) is 37.8 Å². The molecule has 0 saturated carbocycles. The van der Waals surface area contributed by atoms with Gasteiger partial charge in [0.1, 0.15) is 5.82 Å². The zero-order valence-electron chi connectivity index (χ0n) is 11.5. The maximum Gasteiger partial charge on any atom is 0.142 e. The van der Waals surface area contributed by atoms with Gasteiger partial charge in [0.05, 0.1) is 37.6 Å². The van der Waals surface area contributed by atoms with Gasteiger partial charge in [0.25, 0.3) is 0 Å². The number of aliphatic hydroxyl groups is 1. The predicted octanol–water partition coefficient (Wildman–Crippen LogP) is 2.51. The Hall–Kier alpha value is -0.430. The van der Waals surface area contributed by atoms with Crippen LogP contribution in [0.15, 0.2) is 12.1 Å². The highest BCUT2D eigenvalue weighted by Gasteiger charge is 2.24. The van der Waals surface area contributed by atoms with E-state index < -0.39 is 5.82 Å². The maximum absolute atomic E-state index is 13.6. The first-order valence-electron chi connectivity index (χ1n) is 6.79. The van der Waals surface area contributed by atoms with Crippen LogP contribution in [-0.2, 0) is 9.47 Å². The van der Waals surface area contributed by atoms with Gasteiger partial charge in [-0.05, 0) is 12.1 Å². The third-order valence-electron chi connectivity index (χ3n) is 3.32. The molecule has 1 N–H and O–H groups in total. The lowest BCUT2D eigenvalue weighted by molar-refractivity contribution is -0.0389. The highest BCUT2D eigenvalue weighted by molar-refractivity contribution is 6.35. The summed E-state index contributed by atoms with van der Waals surface area (Å²) in [6.45, 7) is 3.57. The molecule has 21 heavy (non-hydrogen) atoms. The van der Waals surface area contributed by atoms with E-state index in [2.05, 4.69) is 4.90 Å². The average Bonchev–Trinajstić information content (AvgIpc) is 2.48. The normalized spacial score (nSPS) is 19.9. The summed E-state index contributed by atoms with van der Waals surface area (Å²) in [5.74, 6) is -0.497. The number of rotatable bonds is 6. The van der Waals surface area contributed by atoms with E-state index in [0.29, 0.717) is 37.0 Å². The van der Waals surface area contributed by atoms with Crippen molar-refractivity contribution in [1.82, 2.24) is 4.90 Å². The number of aliphatic hydroxyl groups excluding tert-OH is 1. The Morgan fingerprint density at radius 1 is 1.33 bits per heavy atom. The molecule has 1 aliphatic heterocycles. The van der Waals surface area contributed by atoms with Crippen LogP contribution in [0.1, 0.15) is 11.7 Å². The van der Waals surface area contributed by atoms with Crippen LogP contribution >= 0.6 is 23.2 Å². The van der Waals surface area contributed by atoms with Gasteiger partial charge in [-0.1, -0.05) is 23.2 Å². The Balaban J connectivity index is 1.96. The van der Waals surface area contributed by atoms with Crippen molar-refractivity contribution in [3.05, 3.63) is 33.6 Å². The van der Waals surface area contributed by atoms with Crippen molar-refractivity contribution >= 4 is 23.2 Å². The van der Waals surface area contributed by atoms with Crippen molar-refractivity contribution in [2.45, 2.75) is 6.10 Å². The zero-order chi connectivity index (χ0) is 15.2. The molecule has 0 radical (unpaired) electrons. The molecule has 7 heteroatoms. The summed E-state index contributed by atoms with van der Waals surface area (Å²) < 4.78 is 24.5. The molecule has 0 aliphatic carbocycles. The first-order valence-corrected chi connectivity index (χ1v) is 7.54. The third kappa shape index (κ3) is 4.77. The van der Waals surface area contributed by atoms with E-state index in [1.807, 2.05) is 0 Å². The molecular weight excluding hydrogens is 320 g/mol. The molecule has 1 fully saturated rings. The molecule has 2 rings (SSSR count). The molecule has 118 valence electrons. The minimum Gasteiger partial charge on any atom is -0.394 e. The zero-order valence-corrected chi connectivity index (χ0v) is 13.0. The summed E-state index contributed by atoms with van der Waals surface area (Å²) in [5.41, 5.74) is 0.611. The SMILES string of the molecule is OCCOCCN1CCOC(c2cc(F)c(Cl)cc2Cl)C1. The standard InChI is InChI=1S/C14H18Cl2FNO3/c15-11-8-12(16)13(17)7-10(11)14-9-18(2-5-21-14)1-4-20-6-3-19/h7-8,14,19H,1-6,9H2. The number of hydrogen-bond acceptors (Lipinski definition) is 4. The molecule has 0 spiro atoms. The molecule has 4 nitrogen and oxygen atoms in total. The topological polar surface area (TPSA) is 41.9 Å². The first-order chi connectivity index (χ1) is 10.1. The number of morpholine rings is 1. The molecule has 1 unspecified atom stereocenters. The smallest absolute Gasteiger partial charge is 0.142 e. The van der Waals surface area contributed by atoms with Gasteiger partial charge < -0.3 is 14.6 Å². The van der Waals surface area contributed by atoms with E-state index in [9.17, 15) is 4.39 Å². The Kier molecular flexibility index (Phi) is 6.67. The molecule has 1 aromatic rings. The van der Waals surface area contributed by atoms with Crippen LogP contribution in [0.2, 0.25) is 10.0 Å². The Bertz CT molecular complexity index is 476. The van der Waals surface area contributed by atoms with Crippen molar-refractivity contribution in [1.29, 1.82) is 0 Å². The predicted molar refractivity (Wildman–Crippen MR) is 79.5 cm³/mol. The van der Waals surface area contributed by atoms with Crippen molar-refractivity contribution in [2.75, 3.05) is 46.1 Å². The lowest BCUT2D eigenvalue weighted by Gasteiger charge is -2.33. The second kappa shape index (κ2) is 8.27. The fourth-order valence-electron chi connectivity index (χ4n) is 2.24. The number of halogens is 3. The van der Waals surface area contributed by atoms with Crippen LogP contribution in [-0.4, -0.2) is 56.1 Å². The number of ether oxygens (including phenoxy) is 2. The summed E-state index contributed by atoms with van der Waals surface area (Å²) in [6, 6.07) is 2.74. The molecule has 1 aromatic carbocycles. The summed E-state index contributed by atoms with van der Waals surface area (Å²) in [4.78, 5) is 2.16. The monoisotopic (exact) mass is 337 g/mol. The minimum absolute atomic E-state index is 0.00817. The highest BCUT2D eigenvalue weighted by atomic mass is 35.5. The van der Waals surface area contributed by atoms with Gasteiger partial charge in [-0.3, -0.25) is 4.90 Å². The van der Waals surface area contributed by atoms with E-state index >= 15 is 0 Å². The van der Waals surface area contributed by atoms with Crippen LogP contribution < -0.4 is 0 Å². The summed E-state index contributed by atoms with van der Waals surface area (Å²) in [6.07, 6.45) is -0.282. The molecule has 1 aliphatic rings. The van der Waals surface area contributed by atoms with Crippen molar-refractivity contribution in [2.24, 2.45) is 0 Å². The molecule has 0 aromatic heterocycles. The molecule has 1 heterocycles. The van der Waals surface area contributed by atoms with Crippen LogP contribution in [0.5, 0.6) is 0 Å². The van der Waals surface area contributed by atoms with Gasteiger partial charge in [-0.15, -0.1) is 0 Å². The summed E-state index contributed by atoms with van der Waals surface area (Å²) in [7, 11) is 0. The second-order valence-corrected chi connectivity index (χ2v) is 5.60. The van der Waals surface area contributed by atoms with Crippen molar-refractivity contribution in [3.63, 3.8) is 0 Å². The lowest BCUT2D eigenvalue weighted by atomic mass is 10.1. The maximum atomic E-state index is 13.6. The van der Waals surface area contributed by atoms with Crippen LogP contribution in [0.3, 0.4) is 0 Å². The Morgan fingerprint density at radius 3 is 2.90 bits per heavy atom. The fourth-order valence-corrected chi connectivity index (χ4v) is 2.74.